The molecule has 0 saturated heterocycles. The highest BCUT2D eigenvalue weighted by molar-refractivity contribution is 5.94. The van der Waals surface area contributed by atoms with Gasteiger partial charge in [-0.3, -0.25) is 9.59 Å². The third-order valence-electron chi connectivity index (χ3n) is 3.67. The van der Waals surface area contributed by atoms with Gasteiger partial charge >= 0.3 is 0 Å². The van der Waals surface area contributed by atoms with E-state index < -0.39 is 11.5 Å². The minimum absolute atomic E-state index is 0.0397. The molecule has 24 heavy (non-hydrogen) atoms. The van der Waals surface area contributed by atoms with Crippen molar-refractivity contribution in [3.05, 3.63) is 57.3 Å². The first kappa shape index (κ1) is 17.7. The molecular weight excluding hydrogens is 306 g/mol. The van der Waals surface area contributed by atoms with E-state index in [2.05, 4.69) is 15.3 Å². The fourth-order valence-corrected chi connectivity index (χ4v) is 2.32. The lowest BCUT2D eigenvalue weighted by Gasteiger charge is -2.18. The lowest BCUT2D eigenvalue weighted by Crippen LogP contribution is -2.33. The number of nitrogens with one attached hydrogen (secondary N) is 2. The molecule has 2 aromatic rings. The van der Waals surface area contributed by atoms with Gasteiger partial charge in [-0.2, -0.15) is 0 Å². The van der Waals surface area contributed by atoms with Crippen molar-refractivity contribution >= 4 is 5.91 Å². The first-order valence-electron chi connectivity index (χ1n) is 7.75. The Balaban J connectivity index is 2.23. The maximum Gasteiger partial charge on any atom is 0.264 e. The topological polar surface area (TPSA) is 84.1 Å². The lowest BCUT2D eigenvalue weighted by molar-refractivity contribution is 0.0948. The summed E-state index contributed by atoms with van der Waals surface area (Å²) in [6.45, 7) is 7.79. The van der Waals surface area contributed by atoms with Gasteiger partial charge in [-0.15, -0.1) is 0 Å². The maximum absolute atomic E-state index is 12.4. The van der Waals surface area contributed by atoms with E-state index in [-0.39, 0.29) is 17.5 Å². The van der Waals surface area contributed by atoms with Gasteiger partial charge in [-0.1, -0.05) is 39.0 Å². The molecule has 1 aromatic carbocycles. The smallest absolute Gasteiger partial charge is 0.264 e. The van der Waals surface area contributed by atoms with Crippen molar-refractivity contribution in [2.45, 2.75) is 39.7 Å². The number of aromatic amines is 1. The van der Waals surface area contributed by atoms with Crippen LogP contribution in [0, 0.1) is 6.92 Å². The zero-order valence-electron chi connectivity index (χ0n) is 14.7. The monoisotopic (exact) mass is 329 g/mol. The van der Waals surface area contributed by atoms with Crippen LogP contribution in [0.4, 0.5) is 0 Å². The van der Waals surface area contributed by atoms with Gasteiger partial charge in [0.05, 0.1) is 12.8 Å². The molecule has 0 saturated carbocycles. The number of carbonyl (C=O) groups is 1. The lowest BCUT2D eigenvalue weighted by atomic mass is 9.95. The van der Waals surface area contributed by atoms with E-state index in [4.69, 9.17) is 4.74 Å². The van der Waals surface area contributed by atoms with Gasteiger partial charge in [0.25, 0.3) is 11.5 Å². The standard InChI is InChI=1S/C18H23N3O3/c1-11-14(16(23)21-17(20-11)18(2,3)4)15(22)19-10-12-8-6-7-9-13(12)24-5/h6-9H,10H2,1-5H3,(H,19,22)(H,20,21,23). The van der Waals surface area contributed by atoms with E-state index >= 15 is 0 Å². The molecule has 6 nitrogen and oxygen atoms in total. The molecule has 0 aliphatic heterocycles. The van der Waals surface area contributed by atoms with Crippen molar-refractivity contribution in [3.63, 3.8) is 0 Å². The Morgan fingerprint density at radius 1 is 1.29 bits per heavy atom. The number of amides is 1. The van der Waals surface area contributed by atoms with Gasteiger partial charge in [0, 0.05) is 17.5 Å². The normalized spacial score (nSPS) is 11.2. The molecule has 0 bridgehead atoms. The summed E-state index contributed by atoms with van der Waals surface area (Å²) < 4.78 is 5.25. The van der Waals surface area contributed by atoms with Crippen LogP contribution in [-0.2, 0) is 12.0 Å². The summed E-state index contributed by atoms with van der Waals surface area (Å²) in [5, 5.41) is 2.75. The van der Waals surface area contributed by atoms with Gasteiger partial charge < -0.3 is 15.0 Å². The molecule has 6 heteroatoms. The van der Waals surface area contributed by atoms with Crippen LogP contribution in [0.25, 0.3) is 0 Å². The highest BCUT2D eigenvalue weighted by Gasteiger charge is 2.22. The van der Waals surface area contributed by atoms with E-state index in [0.29, 0.717) is 17.3 Å². The fraction of sp³-hybridized carbons (Fsp3) is 0.389. The summed E-state index contributed by atoms with van der Waals surface area (Å²) in [4.78, 5) is 31.8. The number of aromatic nitrogens is 2. The minimum Gasteiger partial charge on any atom is -0.496 e. The Kier molecular flexibility index (Phi) is 5.07. The Hall–Kier alpha value is -2.63. The summed E-state index contributed by atoms with van der Waals surface area (Å²) in [5.74, 6) is 0.795. The van der Waals surface area contributed by atoms with Crippen LogP contribution < -0.4 is 15.6 Å². The summed E-state index contributed by atoms with van der Waals surface area (Å²) in [6, 6.07) is 7.40. The number of H-pyrrole nitrogens is 1. The van der Waals surface area contributed by atoms with E-state index in [1.54, 1.807) is 14.0 Å². The van der Waals surface area contributed by atoms with Crippen molar-refractivity contribution in [1.29, 1.82) is 0 Å². The molecule has 1 heterocycles. The van der Waals surface area contributed by atoms with E-state index in [9.17, 15) is 9.59 Å². The van der Waals surface area contributed by atoms with Crippen molar-refractivity contribution in [2.24, 2.45) is 0 Å². The third-order valence-corrected chi connectivity index (χ3v) is 3.67. The van der Waals surface area contributed by atoms with Gasteiger partial charge in [-0.25, -0.2) is 4.98 Å². The Bertz CT molecular complexity index is 804. The highest BCUT2D eigenvalue weighted by atomic mass is 16.5. The molecule has 0 fully saturated rings. The number of benzene rings is 1. The number of para-hydroxylation sites is 1. The average molecular weight is 329 g/mol. The van der Waals surface area contributed by atoms with Crippen molar-refractivity contribution in [2.75, 3.05) is 7.11 Å². The van der Waals surface area contributed by atoms with Crippen LogP contribution in [0.2, 0.25) is 0 Å². The molecule has 1 amide bonds. The largest absolute Gasteiger partial charge is 0.496 e. The summed E-state index contributed by atoms with van der Waals surface area (Å²) in [6.07, 6.45) is 0. The van der Waals surface area contributed by atoms with Gasteiger partial charge in [0.2, 0.25) is 0 Å². The van der Waals surface area contributed by atoms with E-state index in [1.165, 1.54) is 0 Å². The molecule has 0 atom stereocenters. The number of methoxy groups -OCH3 is 1. The van der Waals surface area contributed by atoms with E-state index in [0.717, 1.165) is 5.56 Å². The van der Waals surface area contributed by atoms with Crippen molar-refractivity contribution < 1.29 is 9.53 Å². The zero-order chi connectivity index (χ0) is 17.9. The second kappa shape index (κ2) is 6.86. The summed E-state index contributed by atoms with van der Waals surface area (Å²) in [5.41, 5.74) is 0.571. The first-order valence-corrected chi connectivity index (χ1v) is 7.75. The number of hydrogen-bond acceptors (Lipinski definition) is 4. The van der Waals surface area contributed by atoms with E-state index in [1.807, 2.05) is 45.0 Å². The van der Waals surface area contributed by atoms with Crippen LogP contribution in [-0.4, -0.2) is 23.0 Å². The highest BCUT2D eigenvalue weighted by Crippen LogP contribution is 2.18. The van der Waals surface area contributed by atoms with Crippen LogP contribution in [0.1, 0.15) is 48.2 Å². The number of hydrogen-bond donors (Lipinski definition) is 2. The zero-order valence-corrected chi connectivity index (χ0v) is 14.7. The number of ether oxygens (including phenoxy) is 1. The predicted octanol–water partition coefficient (Wildman–Crippen LogP) is 2.31. The minimum atomic E-state index is -0.451. The molecule has 0 aliphatic carbocycles. The molecule has 0 radical (unpaired) electrons. The van der Waals surface area contributed by atoms with Crippen LogP contribution in [0.15, 0.2) is 29.1 Å². The summed E-state index contributed by atoms with van der Waals surface area (Å²) in [7, 11) is 1.57. The maximum atomic E-state index is 12.4. The average Bonchev–Trinajstić information content (AvgIpc) is 2.51. The Labute approximate surface area is 141 Å². The van der Waals surface area contributed by atoms with Crippen molar-refractivity contribution in [1.82, 2.24) is 15.3 Å². The molecule has 1 aromatic heterocycles. The molecule has 0 spiro atoms. The number of carbonyl (C=O) groups excluding carboxylic acids is 1. The SMILES string of the molecule is COc1ccccc1CNC(=O)c1c(C)nc(C(C)(C)C)[nH]c1=O. The molecule has 0 unspecified atom stereocenters. The molecule has 128 valence electrons. The third kappa shape index (κ3) is 3.82. The number of aryl methyl sites for hydroxylation is 1. The molecule has 2 rings (SSSR count). The first-order chi connectivity index (χ1) is 11.2. The van der Waals surface area contributed by atoms with Crippen LogP contribution >= 0.6 is 0 Å². The quantitative estimate of drug-likeness (QED) is 0.901. The van der Waals surface area contributed by atoms with Crippen LogP contribution in [0.3, 0.4) is 0 Å². The number of rotatable bonds is 4. The molecular formula is C18H23N3O3. The molecule has 0 aliphatic rings. The second-order valence-corrected chi connectivity index (χ2v) is 6.62. The molecule has 2 N–H and O–H groups in total. The second-order valence-electron chi connectivity index (χ2n) is 6.62. The van der Waals surface area contributed by atoms with Crippen LogP contribution in [0.5, 0.6) is 5.75 Å². The summed E-state index contributed by atoms with van der Waals surface area (Å²) >= 11 is 0. The van der Waals surface area contributed by atoms with Crippen molar-refractivity contribution in [3.8, 4) is 5.75 Å². The predicted molar refractivity (Wildman–Crippen MR) is 92.5 cm³/mol. The Morgan fingerprint density at radius 2 is 1.96 bits per heavy atom. The Morgan fingerprint density at radius 3 is 2.54 bits per heavy atom. The fourth-order valence-electron chi connectivity index (χ4n) is 2.32. The number of nitrogens with zero attached hydrogens (tertiary/aromatic N) is 1. The van der Waals surface area contributed by atoms with Gasteiger partial charge in [0.1, 0.15) is 17.1 Å². The van der Waals surface area contributed by atoms with Gasteiger partial charge in [0.15, 0.2) is 0 Å². The van der Waals surface area contributed by atoms with Gasteiger partial charge in [-0.05, 0) is 13.0 Å².